The number of hydrogen-bond donors (Lipinski definition) is 1. The molecule has 0 aliphatic rings. The molecule has 2 heterocycles. The van der Waals surface area contributed by atoms with Gasteiger partial charge in [0.1, 0.15) is 0 Å². The Bertz CT molecular complexity index is 803. The van der Waals surface area contributed by atoms with Crippen LogP contribution in [0.4, 0.5) is 0 Å². The first-order valence-electron chi connectivity index (χ1n) is 5.10. The van der Waals surface area contributed by atoms with E-state index in [2.05, 4.69) is 4.98 Å². The largest absolute Gasteiger partial charge is 0.272 e. The van der Waals surface area contributed by atoms with Gasteiger partial charge in [-0.2, -0.15) is 0 Å². The predicted octanol–water partition coefficient (Wildman–Crippen LogP) is 1.71. The van der Waals surface area contributed by atoms with Crippen molar-refractivity contribution in [1.29, 1.82) is 0 Å². The second kappa shape index (κ2) is 3.91. The molecule has 0 saturated carbocycles. The van der Waals surface area contributed by atoms with Crippen molar-refractivity contribution in [2.24, 2.45) is 5.14 Å². The van der Waals surface area contributed by atoms with Crippen LogP contribution in [0.1, 0.15) is 0 Å². The fourth-order valence-electron chi connectivity index (χ4n) is 1.79. The lowest BCUT2D eigenvalue weighted by Crippen LogP contribution is -2.14. The molecule has 3 rings (SSSR count). The summed E-state index contributed by atoms with van der Waals surface area (Å²) in [5.74, 6) is 0. The molecule has 0 radical (unpaired) electrons. The maximum Gasteiger partial charge on any atom is 0.255 e. The summed E-state index contributed by atoms with van der Waals surface area (Å²) >= 11 is 1.38. The summed E-state index contributed by atoms with van der Waals surface area (Å²) < 4.78 is 24.6. The third kappa shape index (κ3) is 1.72. The average Bonchev–Trinajstić information content (AvgIpc) is 2.88. The molecule has 0 fully saturated rings. The molecule has 2 aromatic heterocycles. The number of hydrogen-bond acceptors (Lipinski definition) is 4. The third-order valence-corrected chi connectivity index (χ3v) is 4.29. The van der Waals surface area contributed by atoms with Crippen LogP contribution < -0.4 is 5.14 Å². The minimum absolute atomic E-state index is 0.0117. The molecule has 7 heteroatoms. The standard InChI is InChI=1S/C11H9N3O2S2/c12-18(15,16)10-6-13-11-14(10)9(7-17-11)8-4-2-1-3-5-8/h1-7H,(H2,12,15,16). The van der Waals surface area contributed by atoms with Crippen LogP contribution in [0, 0.1) is 0 Å². The van der Waals surface area contributed by atoms with E-state index in [0.717, 1.165) is 11.3 Å². The van der Waals surface area contributed by atoms with Gasteiger partial charge in [-0.05, 0) is 5.56 Å². The summed E-state index contributed by atoms with van der Waals surface area (Å²) in [7, 11) is -3.78. The molecule has 0 bridgehead atoms. The zero-order chi connectivity index (χ0) is 12.8. The Morgan fingerprint density at radius 1 is 1.22 bits per heavy atom. The first-order chi connectivity index (χ1) is 8.57. The molecule has 18 heavy (non-hydrogen) atoms. The van der Waals surface area contributed by atoms with Crippen molar-refractivity contribution in [1.82, 2.24) is 9.38 Å². The minimum atomic E-state index is -3.78. The van der Waals surface area contributed by atoms with E-state index in [9.17, 15) is 8.42 Å². The Labute approximate surface area is 108 Å². The number of thiazole rings is 1. The van der Waals surface area contributed by atoms with Crippen LogP contribution in [-0.2, 0) is 10.0 Å². The lowest BCUT2D eigenvalue weighted by Gasteiger charge is -2.02. The maximum absolute atomic E-state index is 11.5. The number of primary sulfonamides is 1. The summed E-state index contributed by atoms with van der Waals surface area (Å²) in [6.45, 7) is 0. The SMILES string of the molecule is NS(=O)(=O)c1cnc2scc(-c3ccccc3)n12. The Balaban J connectivity index is 2.35. The van der Waals surface area contributed by atoms with Gasteiger partial charge in [-0.3, -0.25) is 4.40 Å². The van der Waals surface area contributed by atoms with Crippen LogP contribution >= 0.6 is 11.3 Å². The molecule has 0 aliphatic carbocycles. The van der Waals surface area contributed by atoms with Crippen LogP contribution in [0.5, 0.6) is 0 Å². The Hall–Kier alpha value is -1.70. The van der Waals surface area contributed by atoms with Gasteiger partial charge in [0.05, 0.1) is 11.9 Å². The van der Waals surface area contributed by atoms with E-state index in [0.29, 0.717) is 4.96 Å². The maximum atomic E-state index is 11.5. The summed E-state index contributed by atoms with van der Waals surface area (Å²) in [6, 6.07) is 9.52. The Morgan fingerprint density at radius 3 is 2.61 bits per heavy atom. The van der Waals surface area contributed by atoms with Crippen molar-refractivity contribution in [2.45, 2.75) is 5.03 Å². The van der Waals surface area contributed by atoms with Gasteiger partial charge in [0.15, 0.2) is 9.99 Å². The van der Waals surface area contributed by atoms with E-state index in [1.807, 2.05) is 35.7 Å². The Kier molecular flexibility index (Phi) is 2.47. The second-order valence-electron chi connectivity index (χ2n) is 3.75. The van der Waals surface area contributed by atoms with Gasteiger partial charge in [-0.25, -0.2) is 18.5 Å². The normalized spacial score (nSPS) is 12.1. The van der Waals surface area contributed by atoms with Crippen molar-refractivity contribution >= 4 is 26.3 Å². The smallest absolute Gasteiger partial charge is 0.255 e. The fraction of sp³-hybridized carbons (Fsp3) is 0. The predicted molar refractivity (Wildman–Crippen MR) is 69.9 cm³/mol. The zero-order valence-corrected chi connectivity index (χ0v) is 10.8. The lowest BCUT2D eigenvalue weighted by atomic mass is 10.2. The molecule has 0 atom stereocenters. The quantitative estimate of drug-likeness (QED) is 0.775. The number of imidazole rings is 1. The molecule has 0 saturated heterocycles. The summed E-state index contributed by atoms with van der Waals surface area (Å²) in [6.07, 6.45) is 1.29. The van der Waals surface area contributed by atoms with Gasteiger partial charge >= 0.3 is 0 Å². The zero-order valence-electron chi connectivity index (χ0n) is 9.15. The van der Waals surface area contributed by atoms with Gasteiger partial charge in [0.2, 0.25) is 0 Å². The molecule has 0 spiro atoms. The number of rotatable bonds is 2. The van der Waals surface area contributed by atoms with Gasteiger partial charge in [0.25, 0.3) is 10.0 Å². The van der Waals surface area contributed by atoms with Crippen LogP contribution in [-0.4, -0.2) is 17.8 Å². The van der Waals surface area contributed by atoms with Crippen LogP contribution in [0.2, 0.25) is 0 Å². The van der Waals surface area contributed by atoms with Crippen molar-refractivity contribution in [3.05, 3.63) is 41.9 Å². The number of nitrogens with zero attached hydrogens (tertiary/aromatic N) is 2. The molecule has 3 aromatic rings. The second-order valence-corrected chi connectivity index (χ2v) is 6.09. The topological polar surface area (TPSA) is 77.5 Å². The number of fused-ring (bicyclic) bond motifs is 1. The molecule has 0 amide bonds. The van der Waals surface area contributed by atoms with Gasteiger partial charge < -0.3 is 0 Å². The van der Waals surface area contributed by atoms with Crippen molar-refractivity contribution in [3.63, 3.8) is 0 Å². The van der Waals surface area contributed by atoms with Gasteiger partial charge in [0, 0.05) is 5.38 Å². The fourth-order valence-corrected chi connectivity index (χ4v) is 3.36. The van der Waals surface area contributed by atoms with E-state index in [4.69, 9.17) is 5.14 Å². The summed E-state index contributed by atoms with van der Waals surface area (Å²) in [5.41, 5.74) is 1.70. The molecule has 92 valence electrons. The van der Waals surface area contributed by atoms with Crippen molar-refractivity contribution < 1.29 is 8.42 Å². The Morgan fingerprint density at radius 2 is 1.94 bits per heavy atom. The number of nitrogens with two attached hydrogens (primary N) is 1. The minimum Gasteiger partial charge on any atom is -0.272 e. The molecule has 0 aliphatic heterocycles. The van der Waals surface area contributed by atoms with Crippen LogP contribution in [0.15, 0.2) is 46.9 Å². The van der Waals surface area contributed by atoms with Gasteiger partial charge in [-0.1, -0.05) is 30.3 Å². The van der Waals surface area contributed by atoms with E-state index in [1.165, 1.54) is 17.5 Å². The molecule has 2 N–H and O–H groups in total. The van der Waals surface area contributed by atoms with E-state index < -0.39 is 10.0 Å². The summed E-state index contributed by atoms with van der Waals surface area (Å²) in [4.78, 5) is 4.66. The first kappa shape index (κ1) is 11.4. The molecule has 1 aromatic carbocycles. The molecule has 0 unspecified atom stereocenters. The van der Waals surface area contributed by atoms with E-state index >= 15 is 0 Å². The highest BCUT2D eigenvalue weighted by Crippen LogP contribution is 2.28. The van der Waals surface area contributed by atoms with Gasteiger partial charge in [-0.15, -0.1) is 11.3 Å². The van der Waals surface area contributed by atoms with E-state index in [1.54, 1.807) is 4.40 Å². The van der Waals surface area contributed by atoms with Crippen molar-refractivity contribution in [3.8, 4) is 11.3 Å². The van der Waals surface area contributed by atoms with Crippen LogP contribution in [0.25, 0.3) is 16.2 Å². The monoisotopic (exact) mass is 279 g/mol. The van der Waals surface area contributed by atoms with Crippen molar-refractivity contribution in [2.75, 3.05) is 0 Å². The highest BCUT2D eigenvalue weighted by Gasteiger charge is 2.18. The number of benzene rings is 1. The highest BCUT2D eigenvalue weighted by atomic mass is 32.2. The first-order valence-corrected chi connectivity index (χ1v) is 7.53. The van der Waals surface area contributed by atoms with Crippen LogP contribution in [0.3, 0.4) is 0 Å². The highest BCUT2D eigenvalue weighted by molar-refractivity contribution is 7.89. The lowest BCUT2D eigenvalue weighted by molar-refractivity contribution is 0.593. The molecular formula is C11H9N3O2S2. The molecular weight excluding hydrogens is 270 g/mol. The van der Waals surface area contributed by atoms with E-state index in [-0.39, 0.29) is 5.03 Å². The summed E-state index contributed by atoms with van der Waals surface area (Å²) in [5, 5.41) is 7.07. The third-order valence-electron chi connectivity index (χ3n) is 2.58. The number of aromatic nitrogens is 2. The number of sulfonamides is 1. The molecule has 5 nitrogen and oxygen atoms in total. The average molecular weight is 279 g/mol.